The van der Waals surface area contributed by atoms with Crippen molar-refractivity contribution in [3.8, 4) is 11.1 Å². The molecule has 0 aliphatic rings. The highest BCUT2D eigenvalue weighted by Gasteiger charge is 2.09. The first-order valence-corrected chi connectivity index (χ1v) is 9.24. The number of hydrogen-bond acceptors (Lipinski definition) is 1. The average molecular weight is 336 g/mol. The van der Waals surface area contributed by atoms with Gasteiger partial charge in [0.25, 0.3) is 0 Å². The molecule has 134 valence electrons. The van der Waals surface area contributed by atoms with Gasteiger partial charge in [-0.3, -0.25) is 0 Å². The first-order chi connectivity index (χ1) is 11.9. The molecule has 0 amide bonds. The summed E-state index contributed by atoms with van der Waals surface area (Å²) in [6.45, 7) is 13.1. The van der Waals surface area contributed by atoms with Gasteiger partial charge in [-0.1, -0.05) is 63.2 Å². The normalized spacial score (nSPS) is 10.7. The van der Waals surface area contributed by atoms with Crippen LogP contribution >= 0.6 is 0 Å². The molecule has 1 N–H and O–H groups in total. The van der Waals surface area contributed by atoms with Gasteiger partial charge in [-0.2, -0.15) is 0 Å². The molecule has 0 atom stereocenters. The van der Waals surface area contributed by atoms with E-state index in [-0.39, 0.29) is 0 Å². The minimum Gasteiger partial charge on any atom is -0.309 e. The van der Waals surface area contributed by atoms with Gasteiger partial charge in [0, 0.05) is 6.21 Å². The SMILES string of the molecule is C/C=C\C=N.CCc1c(-c2cccc(CC(C)C)c2)ccc(C)c1C. The minimum absolute atomic E-state index is 0.704. The summed E-state index contributed by atoms with van der Waals surface area (Å²) in [7, 11) is 0. The van der Waals surface area contributed by atoms with Crippen LogP contribution in [0, 0.1) is 25.2 Å². The molecule has 2 aromatic carbocycles. The first-order valence-electron chi connectivity index (χ1n) is 9.24. The summed E-state index contributed by atoms with van der Waals surface area (Å²) in [4.78, 5) is 0. The van der Waals surface area contributed by atoms with E-state index in [4.69, 9.17) is 5.41 Å². The van der Waals surface area contributed by atoms with Gasteiger partial charge >= 0.3 is 0 Å². The van der Waals surface area contributed by atoms with Crippen LogP contribution in [0.5, 0.6) is 0 Å². The second kappa shape index (κ2) is 10.7. The summed E-state index contributed by atoms with van der Waals surface area (Å²) in [6.07, 6.45) is 6.98. The monoisotopic (exact) mass is 335 g/mol. The number of allylic oxidation sites excluding steroid dienone is 2. The van der Waals surface area contributed by atoms with Crippen molar-refractivity contribution in [1.82, 2.24) is 0 Å². The second-order valence-electron chi connectivity index (χ2n) is 6.88. The molecule has 0 saturated carbocycles. The van der Waals surface area contributed by atoms with Gasteiger partial charge in [0.15, 0.2) is 0 Å². The molecule has 0 heterocycles. The molecule has 2 aromatic rings. The van der Waals surface area contributed by atoms with Crippen LogP contribution in [0.3, 0.4) is 0 Å². The van der Waals surface area contributed by atoms with Crippen LogP contribution in [0.2, 0.25) is 0 Å². The summed E-state index contributed by atoms with van der Waals surface area (Å²) >= 11 is 0. The van der Waals surface area contributed by atoms with Gasteiger partial charge < -0.3 is 5.41 Å². The Hall–Kier alpha value is -2.15. The predicted octanol–water partition coefficient (Wildman–Crippen LogP) is 6.94. The molecule has 0 fully saturated rings. The molecular weight excluding hydrogens is 302 g/mol. The van der Waals surface area contributed by atoms with E-state index in [0.717, 1.165) is 12.8 Å². The molecule has 0 bridgehead atoms. The van der Waals surface area contributed by atoms with Crippen molar-refractivity contribution < 1.29 is 0 Å². The Morgan fingerprint density at radius 2 is 1.80 bits per heavy atom. The van der Waals surface area contributed by atoms with Crippen LogP contribution in [0.25, 0.3) is 11.1 Å². The van der Waals surface area contributed by atoms with Crippen LogP contribution in [-0.2, 0) is 12.8 Å². The molecule has 2 rings (SSSR count). The number of rotatable bonds is 5. The lowest BCUT2D eigenvalue weighted by Gasteiger charge is -2.15. The van der Waals surface area contributed by atoms with Crippen LogP contribution < -0.4 is 0 Å². The number of benzene rings is 2. The van der Waals surface area contributed by atoms with Gasteiger partial charge in [-0.25, -0.2) is 0 Å². The topological polar surface area (TPSA) is 23.9 Å². The number of hydrogen-bond donors (Lipinski definition) is 1. The van der Waals surface area contributed by atoms with Crippen molar-refractivity contribution in [1.29, 1.82) is 5.41 Å². The summed E-state index contributed by atoms with van der Waals surface area (Å²) < 4.78 is 0. The van der Waals surface area contributed by atoms with E-state index < -0.39 is 0 Å². The molecule has 0 aliphatic heterocycles. The molecule has 0 aromatic heterocycles. The summed E-state index contributed by atoms with van der Waals surface area (Å²) in [6, 6.07) is 13.6. The van der Waals surface area contributed by atoms with Crippen molar-refractivity contribution in [2.24, 2.45) is 5.92 Å². The van der Waals surface area contributed by atoms with E-state index in [0.29, 0.717) is 5.92 Å². The Balaban J connectivity index is 0.000000550. The van der Waals surface area contributed by atoms with Gasteiger partial charge in [-0.15, -0.1) is 0 Å². The fourth-order valence-electron chi connectivity index (χ4n) is 3.03. The van der Waals surface area contributed by atoms with E-state index in [1.54, 1.807) is 6.08 Å². The lowest BCUT2D eigenvalue weighted by molar-refractivity contribution is 0.647. The molecule has 1 nitrogen and oxygen atoms in total. The lowest BCUT2D eigenvalue weighted by atomic mass is 9.90. The number of aryl methyl sites for hydroxylation is 1. The molecule has 0 radical (unpaired) electrons. The highest BCUT2D eigenvalue weighted by Crippen LogP contribution is 2.29. The van der Waals surface area contributed by atoms with Crippen molar-refractivity contribution in [3.05, 3.63) is 70.8 Å². The Morgan fingerprint density at radius 3 is 2.32 bits per heavy atom. The van der Waals surface area contributed by atoms with E-state index in [1.807, 2.05) is 13.0 Å². The van der Waals surface area contributed by atoms with E-state index in [2.05, 4.69) is 71.0 Å². The maximum atomic E-state index is 6.39. The van der Waals surface area contributed by atoms with Crippen molar-refractivity contribution >= 4 is 6.21 Å². The zero-order valence-electron chi connectivity index (χ0n) is 16.7. The van der Waals surface area contributed by atoms with Gasteiger partial charge in [0.1, 0.15) is 0 Å². The smallest absolute Gasteiger partial charge is 0.0174 e. The summed E-state index contributed by atoms with van der Waals surface area (Å²) in [5.74, 6) is 0.704. The third kappa shape index (κ3) is 6.34. The Bertz CT molecular complexity index is 708. The Kier molecular flexibility index (Phi) is 8.91. The Labute approximate surface area is 154 Å². The van der Waals surface area contributed by atoms with Gasteiger partial charge in [-0.05, 0) is 79.0 Å². The zero-order valence-corrected chi connectivity index (χ0v) is 16.7. The largest absolute Gasteiger partial charge is 0.309 e. The molecule has 1 heteroatoms. The molecule has 0 saturated heterocycles. The van der Waals surface area contributed by atoms with Crippen LogP contribution in [-0.4, -0.2) is 6.21 Å². The fourth-order valence-corrected chi connectivity index (χ4v) is 3.03. The van der Waals surface area contributed by atoms with Crippen LogP contribution in [0.1, 0.15) is 49.9 Å². The maximum Gasteiger partial charge on any atom is 0.0174 e. The third-order valence-corrected chi connectivity index (χ3v) is 4.39. The quantitative estimate of drug-likeness (QED) is 0.572. The highest BCUT2D eigenvalue weighted by molar-refractivity contribution is 5.70. The zero-order chi connectivity index (χ0) is 18.8. The molecule has 0 unspecified atom stereocenters. The molecule has 0 aliphatic carbocycles. The third-order valence-electron chi connectivity index (χ3n) is 4.39. The van der Waals surface area contributed by atoms with E-state index in [9.17, 15) is 0 Å². The minimum atomic E-state index is 0.704. The summed E-state index contributed by atoms with van der Waals surface area (Å²) in [5.41, 5.74) is 8.54. The molecule has 25 heavy (non-hydrogen) atoms. The maximum absolute atomic E-state index is 6.39. The fraction of sp³-hybridized carbons (Fsp3) is 0.375. The van der Waals surface area contributed by atoms with Crippen molar-refractivity contribution in [2.75, 3.05) is 0 Å². The van der Waals surface area contributed by atoms with Crippen LogP contribution in [0.15, 0.2) is 48.6 Å². The molecular formula is C24H33N. The summed E-state index contributed by atoms with van der Waals surface area (Å²) in [5, 5.41) is 6.39. The predicted molar refractivity (Wildman–Crippen MR) is 113 cm³/mol. The van der Waals surface area contributed by atoms with Crippen molar-refractivity contribution in [2.45, 2.75) is 54.4 Å². The van der Waals surface area contributed by atoms with Gasteiger partial charge in [0.2, 0.25) is 0 Å². The standard InChI is InChI=1S/C20H26.C4H7N/c1-6-19-16(5)15(4)10-11-20(19)18-9-7-8-17(13-18)12-14(2)3;1-2-3-4-5/h7-11,13-14H,6,12H2,1-5H3;2-5H,1H3/b;3-2-,5-4?. The van der Waals surface area contributed by atoms with Crippen molar-refractivity contribution in [3.63, 3.8) is 0 Å². The number of nitrogens with one attached hydrogen (secondary N) is 1. The van der Waals surface area contributed by atoms with Gasteiger partial charge in [0.05, 0.1) is 0 Å². The average Bonchev–Trinajstić information content (AvgIpc) is 2.58. The van der Waals surface area contributed by atoms with E-state index in [1.165, 1.54) is 39.6 Å². The van der Waals surface area contributed by atoms with Crippen LogP contribution in [0.4, 0.5) is 0 Å². The Morgan fingerprint density at radius 1 is 1.08 bits per heavy atom. The van der Waals surface area contributed by atoms with E-state index >= 15 is 0 Å². The second-order valence-corrected chi connectivity index (χ2v) is 6.88. The first kappa shape index (κ1) is 20.9. The lowest BCUT2D eigenvalue weighted by Crippen LogP contribution is -1.97. The highest BCUT2D eigenvalue weighted by atomic mass is 14.3. The molecule has 0 spiro atoms.